The molecule has 0 aliphatic carbocycles. The second-order valence-corrected chi connectivity index (χ2v) is 7.69. The number of rotatable bonds is 5. The highest BCUT2D eigenvalue weighted by Crippen LogP contribution is 2.32. The number of carbonyl (C=O) groups is 3. The molecule has 3 aromatic carbocycles. The summed E-state index contributed by atoms with van der Waals surface area (Å²) in [6.45, 7) is 0. The van der Waals surface area contributed by atoms with Crippen LogP contribution in [0.25, 0.3) is 6.08 Å². The maximum atomic E-state index is 13.6. The van der Waals surface area contributed by atoms with Crippen LogP contribution in [0.4, 0.5) is 14.9 Å². The van der Waals surface area contributed by atoms with Gasteiger partial charge in [0.2, 0.25) is 0 Å². The molecule has 0 aromatic heterocycles. The molecule has 8 heteroatoms. The second-order valence-electron chi connectivity index (χ2n) is 7.28. The average Bonchev–Trinajstić information content (AvgIpc) is 2.79. The molecule has 166 valence electrons. The third-order valence-corrected chi connectivity index (χ3v) is 5.43. The van der Waals surface area contributed by atoms with E-state index >= 15 is 0 Å². The highest BCUT2D eigenvalue weighted by molar-refractivity contribution is 6.39. The Morgan fingerprint density at radius 3 is 2.48 bits per heavy atom. The summed E-state index contributed by atoms with van der Waals surface area (Å²) in [5.74, 6) is -1.51. The van der Waals surface area contributed by atoms with Gasteiger partial charge in [0.05, 0.1) is 12.8 Å². The zero-order valence-corrected chi connectivity index (χ0v) is 18.2. The first-order chi connectivity index (χ1) is 15.9. The number of benzene rings is 3. The molecular formula is C25H18ClFN2O4. The van der Waals surface area contributed by atoms with Crippen molar-refractivity contribution in [3.05, 3.63) is 99.8 Å². The molecule has 3 aromatic rings. The van der Waals surface area contributed by atoms with E-state index in [9.17, 15) is 18.8 Å². The van der Waals surface area contributed by atoms with Crippen LogP contribution in [0.2, 0.25) is 5.02 Å². The number of para-hydroxylation sites is 1. The van der Waals surface area contributed by atoms with Gasteiger partial charge in [-0.05, 0) is 53.6 Å². The Morgan fingerprint density at radius 1 is 1.03 bits per heavy atom. The van der Waals surface area contributed by atoms with Gasteiger partial charge >= 0.3 is 6.03 Å². The van der Waals surface area contributed by atoms with Crippen molar-refractivity contribution in [1.82, 2.24) is 5.32 Å². The summed E-state index contributed by atoms with van der Waals surface area (Å²) in [5, 5.41) is 2.50. The molecule has 4 amide bonds. The highest BCUT2D eigenvalue weighted by atomic mass is 35.5. The zero-order valence-electron chi connectivity index (χ0n) is 17.5. The molecule has 0 bridgehead atoms. The molecule has 1 aliphatic rings. The van der Waals surface area contributed by atoms with Gasteiger partial charge in [0, 0.05) is 17.0 Å². The predicted octanol–water partition coefficient (Wildman–Crippen LogP) is 4.74. The van der Waals surface area contributed by atoms with E-state index in [4.69, 9.17) is 16.3 Å². The second kappa shape index (κ2) is 9.26. The molecule has 0 unspecified atom stereocenters. The predicted molar refractivity (Wildman–Crippen MR) is 123 cm³/mol. The maximum Gasteiger partial charge on any atom is 0.335 e. The quantitative estimate of drug-likeness (QED) is 0.437. The average molecular weight is 465 g/mol. The first kappa shape index (κ1) is 22.2. The molecular weight excluding hydrogens is 447 g/mol. The summed E-state index contributed by atoms with van der Waals surface area (Å²) in [5.41, 5.74) is 1.88. The minimum atomic E-state index is -0.825. The number of urea groups is 1. The first-order valence-electron chi connectivity index (χ1n) is 9.94. The van der Waals surface area contributed by atoms with E-state index in [0.717, 1.165) is 4.90 Å². The number of halogens is 2. The molecule has 6 nitrogen and oxygen atoms in total. The van der Waals surface area contributed by atoms with E-state index in [0.29, 0.717) is 39.6 Å². The fraction of sp³-hybridized carbons (Fsp3) is 0.0800. The summed E-state index contributed by atoms with van der Waals surface area (Å²) in [4.78, 5) is 38.6. The number of nitrogens with one attached hydrogen (secondary N) is 1. The minimum absolute atomic E-state index is 0.227. The van der Waals surface area contributed by atoms with E-state index in [1.54, 1.807) is 54.6 Å². The molecule has 0 spiro atoms. The molecule has 0 radical (unpaired) electrons. The Kier molecular flexibility index (Phi) is 6.24. The van der Waals surface area contributed by atoms with Gasteiger partial charge in [-0.25, -0.2) is 14.1 Å². The number of carbonyl (C=O) groups excluding carboxylic acids is 3. The smallest absolute Gasteiger partial charge is 0.335 e. The van der Waals surface area contributed by atoms with Gasteiger partial charge in [-0.15, -0.1) is 0 Å². The number of barbiturate groups is 1. The molecule has 0 saturated carbocycles. The Morgan fingerprint density at radius 2 is 1.79 bits per heavy atom. The van der Waals surface area contributed by atoms with Crippen molar-refractivity contribution in [2.24, 2.45) is 0 Å². The number of imide groups is 2. The SMILES string of the molecule is COc1cc(/C=C2\C(=O)NC(=O)N(c3ccccc3)C2=O)cc(Cl)c1Cc1cccc(F)c1. The molecule has 1 heterocycles. The van der Waals surface area contributed by atoms with Gasteiger partial charge in [-0.2, -0.15) is 0 Å². The van der Waals surface area contributed by atoms with Crippen LogP contribution in [0.15, 0.2) is 72.3 Å². The number of anilines is 1. The zero-order chi connectivity index (χ0) is 23.5. The van der Waals surface area contributed by atoms with E-state index in [-0.39, 0.29) is 11.4 Å². The first-order valence-corrected chi connectivity index (χ1v) is 10.3. The van der Waals surface area contributed by atoms with Crippen LogP contribution in [0.1, 0.15) is 16.7 Å². The Balaban J connectivity index is 1.70. The fourth-order valence-electron chi connectivity index (χ4n) is 3.56. The van der Waals surface area contributed by atoms with Crippen molar-refractivity contribution < 1.29 is 23.5 Å². The van der Waals surface area contributed by atoms with Crippen LogP contribution in [0, 0.1) is 5.82 Å². The standard InChI is InChI=1S/C25H18ClFN2O4/c1-33-22-14-16(13-21(26)19(22)11-15-6-5-7-17(27)10-15)12-20-23(30)28-25(32)29(24(20)31)18-8-3-2-4-9-18/h2-10,12-14H,11H2,1H3,(H,28,30,32)/b20-12+. The van der Waals surface area contributed by atoms with Gasteiger partial charge in [-0.3, -0.25) is 14.9 Å². The van der Waals surface area contributed by atoms with E-state index in [1.807, 2.05) is 0 Å². The topological polar surface area (TPSA) is 75.7 Å². The van der Waals surface area contributed by atoms with Gasteiger partial charge in [0.25, 0.3) is 11.8 Å². The van der Waals surface area contributed by atoms with E-state index in [1.165, 1.54) is 25.3 Å². The molecule has 1 saturated heterocycles. The summed E-state index contributed by atoms with van der Waals surface area (Å²) in [6.07, 6.45) is 1.67. The minimum Gasteiger partial charge on any atom is -0.496 e. The van der Waals surface area contributed by atoms with Crippen LogP contribution in [0.3, 0.4) is 0 Å². The summed E-state index contributed by atoms with van der Waals surface area (Å²) < 4.78 is 19.0. The molecule has 4 rings (SSSR count). The molecule has 1 fully saturated rings. The number of methoxy groups -OCH3 is 1. The summed E-state index contributed by atoms with van der Waals surface area (Å²) in [6, 6.07) is 16.8. The number of hydrogen-bond donors (Lipinski definition) is 1. The monoisotopic (exact) mass is 464 g/mol. The third-order valence-electron chi connectivity index (χ3n) is 5.09. The van der Waals surface area contributed by atoms with Crippen molar-refractivity contribution in [3.63, 3.8) is 0 Å². The largest absolute Gasteiger partial charge is 0.496 e. The molecule has 1 aliphatic heterocycles. The van der Waals surface area contributed by atoms with Crippen LogP contribution in [-0.4, -0.2) is 25.0 Å². The van der Waals surface area contributed by atoms with Crippen LogP contribution in [-0.2, 0) is 16.0 Å². The van der Waals surface area contributed by atoms with Gasteiger partial charge < -0.3 is 4.74 Å². The van der Waals surface area contributed by atoms with Crippen molar-refractivity contribution in [3.8, 4) is 5.75 Å². The lowest BCUT2D eigenvalue weighted by Gasteiger charge is -2.26. The number of nitrogens with zero attached hydrogens (tertiary/aromatic N) is 1. The van der Waals surface area contributed by atoms with Crippen LogP contribution >= 0.6 is 11.6 Å². The summed E-state index contributed by atoms with van der Waals surface area (Å²) >= 11 is 6.49. The number of amides is 4. The summed E-state index contributed by atoms with van der Waals surface area (Å²) in [7, 11) is 1.46. The van der Waals surface area contributed by atoms with Crippen molar-refractivity contribution >= 4 is 41.2 Å². The van der Waals surface area contributed by atoms with Gasteiger partial charge in [0.1, 0.15) is 17.1 Å². The van der Waals surface area contributed by atoms with Crippen molar-refractivity contribution in [1.29, 1.82) is 0 Å². The van der Waals surface area contributed by atoms with Crippen LogP contribution < -0.4 is 15.0 Å². The van der Waals surface area contributed by atoms with Crippen LogP contribution in [0.5, 0.6) is 5.75 Å². The Labute approximate surface area is 194 Å². The van der Waals surface area contributed by atoms with Gasteiger partial charge in [-0.1, -0.05) is 41.9 Å². The fourth-order valence-corrected chi connectivity index (χ4v) is 3.84. The lowest BCUT2D eigenvalue weighted by Crippen LogP contribution is -2.54. The van der Waals surface area contributed by atoms with E-state index in [2.05, 4.69) is 5.32 Å². The lowest BCUT2D eigenvalue weighted by molar-refractivity contribution is -0.122. The van der Waals surface area contributed by atoms with Crippen molar-refractivity contribution in [2.75, 3.05) is 12.0 Å². The highest BCUT2D eigenvalue weighted by Gasteiger charge is 2.36. The lowest BCUT2D eigenvalue weighted by atomic mass is 10.00. The van der Waals surface area contributed by atoms with E-state index < -0.39 is 17.8 Å². The molecule has 1 N–H and O–H groups in total. The number of ether oxygens (including phenoxy) is 1. The van der Waals surface area contributed by atoms with Gasteiger partial charge in [0.15, 0.2) is 0 Å². The Bertz CT molecular complexity index is 1290. The third kappa shape index (κ3) is 4.63. The van der Waals surface area contributed by atoms with Crippen molar-refractivity contribution in [2.45, 2.75) is 6.42 Å². The molecule has 0 atom stereocenters. The normalized spacial score (nSPS) is 15.1. The Hall–Kier alpha value is -3.97. The number of hydrogen-bond acceptors (Lipinski definition) is 4. The molecule has 33 heavy (non-hydrogen) atoms. The maximum absolute atomic E-state index is 13.6.